The van der Waals surface area contributed by atoms with Crippen LogP contribution in [0, 0.1) is 11.7 Å². The summed E-state index contributed by atoms with van der Waals surface area (Å²) in [5.41, 5.74) is 0.345. The van der Waals surface area contributed by atoms with Crippen molar-refractivity contribution in [2.24, 2.45) is 5.92 Å². The number of benzene rings is 1. The zero-order chi connectivity index (χ0) is 15.1. The first-order chi connectivity index (χ1) is 9.45. The molecule has 0 spiro atoms. The van der Waals surface area contributed by atoms with Crippen LogP contribution in [0.4, 0.5) is 9.18 Å². The van der Waals surface area contributed by atoms with Crippen molar-refractivity contribution in [3.05, 3.63) is 35.6 Å². The third-order valence-corrected chi connectivity index (χ3v) is 3.16. The first-order valence-electron chi connectivity index (χ1n) is 6.46. The number of carbonyl (C=O) groups is 2. The second-order valence-corrected chi connectivity index (χ2v) is 4.62. The van der Waals surface area contributed by atoms with E-state index in [2.05, 4.69) is 10.6 Å². The summed E-state index contributed by atoms with van der Waals surface area (Å²) in [5, 5.41) is 13.9. The molecule has 0 radical (unpaired) electrons. The van der Waals surface area contributed by atoms with Gasteiger partial charge in [0.25, 0.3) is 0 Å². The topological polar surface area (TPSA) is 78.4 Å². The van der Waals surface area contributed by atoms with Crippen molar-refractivity contribution in [2.75, 3.05) is 0 Å². The molecule has 0 aliphatic carbocycles. The Kier molecular flexibility index (Phi) is 5.96. The number of aliphatic carboxylic acids is 1. The molecule has 0 heterocycles. The third-order valence-electron chi connectivity index (χ3n) is 3.16. The van der Waals surface area contributed by atoms with Crippen molar-refractivity contribution < 1.29 is 19.1 Å². The molecule has 0 fully saturated rings. The van der Waals surface area contributed by atoms with Gasteiger partial charge in [0.2, 0.25) is 0 Å². The highest BCUT2D eigenvalue weighted by Gasteiger charge is 2.25. The molecule has 0 bridgehead atoms. The molecule has 110 valence electrons. The van der Waals surface area contributed by atoms with Crippen molar-refractivity contribution in [2.45, 2.75) is 32.9 Å². The van der Waals surface area contributed by atoms with Gasteiger partial charge in [-0.05, 0) is 12.0 Å². The van der Waals surface area contributed by atoms with Crippen LogP contribution < -0.4 is 10.6 Å². The minimum atomic E-state index is -1.08. The maximum atomic E-state index is 13.3. The van der Waals surface area contributed by atoms with E-state index in [1.54, 1.807) is 25.1 Å². The number of nitrogens with one attached hydrogen (secondary N) is 2. The summed E-state index contributed by atoms with van der Waals surface area (Å²) in [6, 6.07) is 4.49. The molecule has 0 aliphatic rings. The fourth-order valence-corrected chi connectivity index (χ4v) is 1.69. The summed E-state index contributed by atoms with van der Waals surface area (Å²) in [5.74, 6) is -1.68. The van der Waals surface area contributed by atoms with E-state index in [0.29, 0.717) is 12.0 Å². The molecule has 0 aliphatic heterocycles. The van der Waals surface area contributed by atoms with Crippen LogP contribution >= 0.6 is 0 Å². The Balaban J connectivity index is 2.55. The lowest BCUT2D eigenvalue weighted by molar-refractivity contribution is -0.140. The van der Waals surface area contributed by atoms with Gasteiger partial charge in [0.15, 0.2) is 0 Å². The van der Waals surface area contributed by atoms with Gasteiger partial charge in [-0.1, -0.05) is 38.5 Å². The molecule has 1 rings (SSSR count). The minimum Gasteiger partial charge on any atom is -0.480 e. The number of hydrogen-bond acceptors (Lipinski definition) is 2. The van der Waals surface area contributed by atoms with Gasteiger partial charge >= 0.3 is 12.0 Å². The Labute approximate surface area is 117 Å². The summed E-state index contributed by atoms with van der Waals surface area (Å²) in [6.07, 6.45) is 0.630. The highest BCUT2D eigenvalue weighted by atomic mass is 19.1. The summed E-state index contributed by atoms with van der Waals surface area (Å²) in [6.45, 7) is 3.60. The SMILES string of the molecule is CC[C@H](C)[C@H](NC(=O)NCc1ccccc1F)C(=O)O. The van der Waals surface area contributed by atoms with Crippen LogP contribution in [0.5, 0.6) is 0 Å². The molecule has 2 amide bonds. The molecule has 20 heavy (non-hydrogen) atoms. The van der Waals surface area contributed by atoms with Gasteiger partial charge in [-0.3, -0.25) is 0 Å². The van der Waals surface area contributed by atoms with Crippen LogP contribution in [0.2, 0.25) is 0 Å². The number of hydrogen-bond donors (Lipinski definition) is 3. The molecule has 0 saturated heterocycles. The van der Waals surface area contributed by atoms with Crippen molar-refractivity contribution in [1.82, 2.24) is 10.6 Å². The second kappa shape index (κ2) is 7.47. The third kappa shape index (κ3) is 4.53. The number of carboxylic acid groups (broad SMARTS) is 1. The van der Waals surface area contributed by atoms with E-state index in [0.717, 1.165) is 0 Å². The first kappa shape index (κ1) is 15.9. The molecule has 5 nitrogen and oxygen atoms in total. The zero-order valence-corrected chi connectivity index (χ0v) is 11.5. The highest BCUT2D eigenvalue weighted by molar-refractivity contribution is 5.82. The molecule has 1 aromatic carbocycles. The summed E-state index contributed by atoms with van der Waals surface area (Å²) < 4.78 is 13.3. The van der Waals surface area contributed by atoms with Gasteiger partial charge in [-0.2, -0.15) is 0 Å². The van der Waals surface area contributed by atoms with Crippen LogP contribution in [-0.4, -0.2) is 23.1 Å². The first-order valence-corrected chi connectivity index (χ1v) is 6.46. The molecule has 1 aromatic rings. The normalized spacial score (nSPS) is 13.3. The van der Waals surface area contributed by atoms with Crippen LogP contribution in [-0.2, 0) is 11.3 Å². The van der Waals surface area contributed by atoms with E-state index in [1.165, 1.54) is 6.07 Å². The lowest BCUT2D eigenvalue weighted by Crippen LogP contribution is -2.48. The molecule has 0 saturated carbocycles. The Hall–Kier alpha value is -2.11. The lowest BCUT2D eigenvalue weighted by atomic mass is 9.99. The highest BCUT2D eigenvalue weighted by Crippen LogP contribution is 2.08. The fourth-order valence-electron chi connectivity index (χ4n) is 1.69. The molecule has 6 heteroatoms. The van der Waals surface area contributed by atoms with Gasteiger partial charge < -0.3 is 15.7 Å². The van der Waals surface area contributed by atoms with E-state index in [1.807, 2.05) is 6.92 Å². The van der Waals surface area contributed by atoms with Crippen molar-refractivity contribution >= 4 is 12.0 Å². The maximum Gasteiger partial charge on any atom is 0.326 e. The molecule has 3 N–H and O–H groups in total. The molecular weight excluding hydrogens is 263 g/mol. The van der Waals surface area contributed by atoms with E-state index in [9.17, 15) is 14.0 Å². The van der Waals surface area contributed by atoms with E-state index in [-0.39, 0.29) is 12.5 Å². The largest absolute Gasteiger partial charge is 0.480 e. The molecule has 0 unspecified atom stereocenters. The predicted octanol–water partition coefficient (Wildman–Crippen LogP) is 2.12. The van der Waals surface area contributed by atoms with Crippen LogP contribution in [0.25, 0.3) is 0 Å². The molecular formula is C14H19FN2O3. The summed E-state index contributed by atoms with van der Waals surface area (Å²) >= 11 is 0. The Morgan fingerprint density at radius 2 is 2.00 bits per heavy atom. The number of carbonyl (C=O) groups excluding carboxylic acids is 1. The van der Waals surface area contributed by atoms with E-state index >= 15 is 0 Å². The number of urea groups is 1. The van der Waals surface area contributed by atoms with Gasteiger partial charge in [-0.25, -0.2) is 14.0 Å². The summed E-state index contributed by atoms with van der Waals surface area (Å²) in [7, 11) is 0. The standard InChI is InChI=1S/C14H19FN2O3/c1-3-9(2)12(13(18)19)17-14(20)16-8-10-6-4-5-7-11(10)15/h4-7,9,12H,3,8H2,1-2H3,(H,18,19)(H2,16,17,20)/t9-,12-/m0/s1. The molecule has 2 atom stereocenters. The lowest BCUT2D eigenvalue weighted by Gasteiger charge is -2.20. The monoisotopic (exact) mass is 282 g/mol. The smallest absolute Gasteiger partial charge is 0.326 e. The van der Waals surface area contributed by atoms with Gasteiger partial charge in [-0.15, -0.1) is 0 Å². The van der Waals surface area contributed by atoms with Gasteiger partial charge in [0.05, 0.1) is 0 Å². The van der Waals surface area contributed by atoms with E-state index < -0.39 is 23.9 Å². The van der Waals surface area contributed by atoms with Crippen LogP contribution in [0.1, 0.15) is 25.8 Å². The predicted molar refractivity (Wildman–Crippen MR) is 72.7 cm³/mol. The molecule has 0 aromatic heterocycles. The quantitative estimate of drug-likeness (QED) is 0.748. The van der Waals surface area contributed by atoms with Gasteiger partial charge in [0, 0.05) is 12.1 Å². The number of halogens is 1. The van der Waals surface area contributed by atoms with Crippen molar-refractivity contribution in [3.8, 4) is 0 Å². The number of carboxylic acids is 1. The fraction of sp³-hybridized carbons (Fsp3) is 0.429. The van der Waals surface area contributed by atoms with Crippen molar-refractivity contribution in [1.29, 1.82) is 0 Å². The maximum absolute atomic E-state index is 13.3. The number of amides is 2. The number of rotatable bonds is 6. The summed E-state index contributed by atoms with van der Waals surface area (Å²) in [4.78, 5) is 22.7. The van der Waals surface area contributed by atoms with E-state index in [4.69, 9.17) is 5.11 Å². The Morgan fingerprint density at radius 3 is 2.55 bits per heavy atom. The van der Waals surface area contributed by atoms with Gasteiger partial charge in [0.1, 0.15) is 11.9 Å². The minimum absolute atomic E-state index is 0.00531. The Morgan fingerprint density at radius 1 is 1.35 bits per heavy atom. The average Bonchev–Trinajstić information content (AvgIpc) is 2.42. The second-order valence-electron chi connectivity index (χ2n) is 4.62. The zero-order valence-electron chi connectivity index (χ0n) is 11.5. The van der Waals surface area contributed by atoms with Crippen LogP contribution in [0.15, 0.2) is 24.3 Å². The van der Waals surface area contributed by atoms with Crippen molar-refractivity contribution in [3.63, 3.8) is 0 Å². The van der Waals surface area contributed by atoms with Crippen LogP contribution in [0.3, 0.4) is 0 Å². The Bertz CT molecular complexity index is 479. The average molecular weight is 282 g/mol.